The zero-order chi connectivity index (χ0) is 14.3. The van der Waals surface area contributed by atoms with Crippen LogP contribution in [0.15, 0.2) is 24.3 Å². The molecule has 104 valence electrons. The largest absolute Gasteiger partial charge is 0.493 e. The SMILES string of the molecule is CCC(OC(=O)CCOc1ccc(N)cc1)C(N)=O. The summed E-state index contributed by atoms with van der Waals surface area (Å²) in [5, 5.41) is 0. The molecule has 4 N–H and O–H groups in total. The lowest BCUT2D eigenvalue weighted by Crippen LogP contribution is -2.32. The summed E-state index contributed by atoms with van der Waals surface area (Å²) in [4.78, 5) is 22.3. The number of ether oxygens (including phenoxy) is 2. The Morgan fingerprint density at radius 2 is 1.89 bits per heavy atom. The van der Waals surface area contributed by atoms with Crippen LogP contribution in [0.1, 0.15) is 19.8 Å². The smallest absolute Gasteiger partial charge is 0.310 e. The highest BCUT2D eigenvalue weighted by Crippen LogP contribution is 2.13. The molecule has 0 spiro atoms. The average Bonchev–Trinajstić information content (AvgIpc) is 2.38. The van der Waals surface area contributed by atoms with Gasteiger partial charge >= 0.3 is 5.97 Å². The van der Waals surface area contributed by atoms with Crippen LogP contribution in [0.4, 0.5) is 5.69 Å². The second-order valence-electron chi connectivity index (χ2n) is 3.96. The number of hydrogen-bond acceptors (Lipinski definition) is 5. The van der Waals surface area contributed by atoms with Crippen LogP contribution >= 0.6 is 0 Å². The number of hydrogen-bond donors (Lipinski definition) is 2. The molecule has 1 rings (SSSR count). The van der Waals surface area contributed by atoms with Gasteiger partial charge in [-0.1, -0.05) is 6.92 Å². The Morgan fingerprint density at radius 1 is 1.26 bits per heavy atom. The molecule has 0 bridgehead atoms. The van der Waals surface area contributed by atoms with Crippen molar-refractivity contribution in [1.29, 1.82) is 0 Å². The topological polar surface area (TPSA) is 105 Å². The van der Waals surface area contributed by atoms with Gasteiger partial charge in [0.15, 0.2) is 6.10 Å². The van der Waals surface area contributed by atoms with E-state index in [9.17, 15) is 9.59 Å². The maximum atomic E-state index is 11.4. The van der Waals surface area contributed by atoms with Crippen molar-refractivity contribution in [3.8, 4) is 5.75 Å². The number of anilines is 1. The first-order chi connectivity index (χ1) is 9.02. The van der Waals surface area contributed by atoms with Crippen molar-refractivity contribution in [2.75, 3.05) is 12.3 Å². The van der Waals surface area contributed by atoms with Gasteiger partial charge in [-0.2, -0.15) is 0 Å². The zero-order valence-corrected chi connectivity index (χ0v) is 10.8. The van der Waals surface area contributed by atoms with Crippen molar-refractivity contribution in [3.05, 3.63) is 24.3 Å². The Labute approximate surface area is 111 Å². The normalized spacial score (nSPS) is 11.6. The fourth-order valence-corrected chi connectivity index (χ4v) is 1.38. The van der Waals surface area contributed by atoms with Crippen molar-refractivity contribution >= 4 is 17.6 Å². The highest BCUT2D eigenvalue weighted by atomic mass is 16.5. The predicted octanol–water partition coefficient (Wildman–Crippen LogP) is 0.845. The molecule has 0 aromatic heterocycles. The minimum atomic E-state index is -0.871. The number of rotatable bonds is 7. The van der Waals surface area contributed by atoms with E-state index in [0.717, 1.165) is 0 Å². The van der Waals surface area contributed by atoms with Crippen LogP contribution < -0.4 is 16.2 Å². The summed E-state index contributed by atoms with van der Waals surface area (Å²) in [5.74, 6) is -0.541. The summed E-state index contributed by atoms with van der Waals surface area (Å²) in [6.07, 6.45) is -0.461. The molecule has 1 aromatic carbocycles. The first-order valence-corrected chi connectivity index (χ1v) is 6.00. The van der Waals surface area contributed by atoms with Gasteiger partial charge in [0, 0.05) is 5.69 Å². The number of amides is 1. The number of carbonyl (C=O) groups is 2. The van der Waals surface area contributed by atoms with Gasteiger partial charge in [-0.3, -0.25) is 9.59 Å². The quantitative estimate of drug-likeness (QED) is 0.562. The standard InChI is InChI=1S/C13H18N2O4/c1-2-11(13(15)17)19-12(16)7-8-18-10-5-3-9(14)4-6-10/h3-6,11H,2,7-8,14H2,1H3,(H2,15,17). The van der Waals surface area contributed by atoms with Crippen molar-refractivity contribution in [3.63, 3.8) is 0 Å². The highest BCUT2D eigenvalue weighted by Gasteiger charge is 2.17. The summed E-state index contributed by atoms with van der Waals surface area (Å²) in [6.45, 7) is 1.88. The number of benzene rings is 1. The summed E-state index contributed by atoms with van der Waals surface area (Å²) < 4.78 is 10.2. The molecule has 0 heterocycles. The van der Waals surface area contributed by atoms with Gasteiger partial charge < -0.3 is 20.9 Å². The fraction of sp³-hybridized carbons (Fsp3) is 0.385. The third kappa shape index (κ3) is 5.29. The van der Waals surface area contributed by atoms with Gasteiger partial charge in [-0.25, -0.2) is 0 Å². The molecule has 0 saturated heterocycles. The van der Waals surface area contributed by atoms with E-state index < -0.39 is 18.0 Å². The van der Waals surface area contributed by atoms with Gasteiger partial charge in [0.2, 0.25) is 0 Å². The van der Waals surface area contributed by atoms with Crippen molar-refractivity contribution in [1.82, 2.24) is 0 Å². The summed E-state index contributed by atoms with van der Waals surface area (Å²) in [6, 6.07) is 6.82. The van der Waals surface area contributed by atoms with Crippen LogP contribution in [-0.4, -0.2) is 24.6 Å². The van der Waals surface area contributed by atoms with Crippen molar-refractivity contribution < 1.29 is 19.1 Å². The van der Waals surface area contributed by atoms with E-state index in [1.54, 1.807) is 31.2 Å². The molecule has 0 saturated carbocycles. The Balaban J connectivity index is 2.30. The van der Waals surface area contributed by atoms with Crippen LogP contribution in [0.25, 0.3) is 0 Å². The van der Waals surface area contributed by atoms with Crippen LogP contribution in [0, 0.1) is 0 Å². The fourth-order valence-electron chi connectivity index (χ4n) is 1.38. The molecule has 0 fully saturated rings. The maximum Gasteiger partial charge on any atom is 0.310 e. The predicted molar refractivity (Wildman–Crippen MR) is 70.3 cm³/mol. The zero-order valence-electron chi connectivity index (χ0n) is 10.8. The Hall–Kier alpha value is -2.24. The average molecular weight is 266 g/mol. The molecule has 1 aromatic rings. The molecule has 6 nitrogen and oxygen atoms in total. The molecular formula is C13H18N2O4. The first-order valence-electron chi connectivity index (χ1n) is 6.00. The molecule has 0 aliphatic rings. The van der Waals surface area contributed by atoms with Gasteiger partial charge in [0.05, 0.1) is 13.0 Å². The second-order valence-corrected chi connectivity index (χ2v) is 3.96. The maximum absolute atomic E-state index is 11.4. The van der Waals surface area contributed by atoms with Crippen LogP contribution in [-0.2, 0) is 14.3 Å². The second kappa shape index (κ2) is 7.25. The number of nitrogens with two attached hydrogens (primary N) is 2. The summed E-state index contributed by atoms with van der Waals surface area (Å²) in [5.41, 5.74) is 11.2. The monoisotopic (exact) mass is 266 g/mol. The van der Waals surface area contributed by atoms with Crippen molar-refractivity contribution in [2.45, 2.75) is 25.9 Å². The van der Waals surface area contributed by atoms with Crippen LogP contribution in [0.2, 0.25) is 0 Å². The number of esters is 1. The molecule has 19 heavy (non-hydrogen) atoms. The molecule has 1 unspecified atom stereocenters. The number of nitrogen functional groups attached to an aromatic ring is 1. The highest BCUT2D eigenvalue weighted by molar-refractivity contribution is 5.82. The minimum Gasteiger partial charge on any atom is -0.493 e. The Kier molecular flexibility index (Phi) is 5.66. The third-order valence-electron chi connectivity index (χ3n) is 2.42. The van der Waals surface area contributed by atoms with Crippen molar-refractivity contribution in [2.24, 2.45) is 5.73 Å². The lowest BCUT2D eigenvalue weighted by atomic mass is 10.2. The van der Waals surface area contributed by atoms with E-state index in [0.29, 0.717) is 17.9 Å². The Bertz CT molecular complexity index is 431. The molecule has 6 heteroatoms. The lowest BCUT2D eigenvalue weighted by molar-refractivity contribution is -0.155. The molecule has 1 amide bonds. The van der Waals surface area contributed by atoms with Gasteiger partial charge in [-0.15, -0.1) is 0 Å². The summed E-state index contributed by atoms with van der Waals surface area (Å²) in [7, 11) is 0. The molecule has 0 aliphatic heterocycles. The first kappa shape index (κ1) is 14.8. The van der Waals surface area contributed by atoms with E-state index >= 15 is 0 Å². The van der Waals surface area contributed by atoms with Gasteiger partial charge in [0.1, 0.15) is 5.75 Å². The van der Waals surface area contributed by atoms with E-state index in [-0.39, 0.29) is 13.0 Å². The summed E-state index contributed by atoms with van der Waals surface area (Å²) >= 11 is 0. The number of carbonyl (C=O) groups excluding carboxylic acids is 2. The van der Waals surface area contributed by atoms with Crippen LogP contribution in [0.3, 0.4) is 0 Å². The van der Waals surface area contributed by atoms with Crippen LogP contribution in [0.5, 0.6) is 5.75 Å². The van der Waals surface area contributed by atoms with E-state index in [1.807, 2.05) is 0 Å². The van der Waals surface area contributed by atoms with Gasteiger partial charge in [0.25, 0.3) is 5.91 Å². The van der Waals surface area contributed by atoms with E-state index in [2.05, 4.69) is 0 Å². The third-order valence-corrected chi connectivity index (χ3v) is 2.42. The number of primary amides is 1. The van der Waals surface area contributed by atoms with E-state index in [1.165, 1.54) is 0 Å². The van der Waals surface area contributed by atoms with E-state index in [4.69, 9.17) is 20.9 Å². The minimum absolute atomic E-state index is 0.0498. The Morgan fingerprint density at radius 3 is 2.42 bits per heavy atom. The molecular weight excluding hydrogens is 248 g/mol. The molecule has 0 aliphatic carbocycles. The lowest BCUT2D eigenvalue weighted by Gasteiger charge is -2.12. The molecule has 0 radical (unpaired) electrons. The molecule has 1 atom stereocenters. The van der Waals surface area contributed by atoms with Gasteiger partial charge in [-0.05, 0) is 30.7 Å².